The van der Waals surface area contributed by atoms with Crippen molar-refractivity contribution in [3.63, 3.8) is 0 Å². The van der Waals surface area contributed by atoms with E-state index >= 15 is 0 Å². The number of aryl methyl sites for hydroxylation is 1. The second-order valence-corrected chi connectivity index (χ2v) is 3.49. The highest BCUT2D eigenvalue weighted by molar-refractivity contribution is 6.33. The number of nitrogens with zero attached hydrogens (tertiary/aromatic N) is 4. The fraction of sp³-hybridized carbons (Fsp3) is 0.111. The Labute approximate surface area is 95.0 Å². The first kappa shape index (κ1) is 10.6. The van der Waals surface area contributed by atoms with Crippen LogP contribution in [-0.2, 0) is 7.05 Å². The number of halogens is 1. The van der Waals surface area contributed by atoms with Gasteiger partial charge in [0, 0.05) is 7.05 Å². The average Bonchev–Trinajstić information content (AvgIpc) is 2.59. The Hall–Kier alpha value is -1.95. The molecule has 0 aliphatic carbocycles. The topological polar surface area (TPSA) is 69.8 Å². The van der Waals surface area contributed by atoms with Crippen LogP contribution in [0.3, 0.4) is 0 Å². The fourth-order valence-electron chi connectivity index (χ4n) is 1.29. The van der Waals surface area contributed by atoms with Gasteiger partial charge in [-0.2, -0.15) is 9.36 Å². The van der Waals surface area contributed by atoms with Gasteiger partial charge in [-0.05, 0) is 22.6 Å². The Morgan fingerprint density at radius 3 is 2.69 bits per heavy atom. The highest BCUT2D eigenvalue weighted by atomic mass is 35.5. The summed E-state index contributed by atoms with van der Waals surface area (Å²) in [6.45, 7) is 0. The number of aldehydes is 1. The third kappa shape index (κ3) is 1.53. The average molecular weight is 239 g/mol. The lowest BCUT2D eigenvalue weighted by molar-refractivity contribution is 0.112. The molecule has 0 unspecified atom stereocenters. The van der Waals surface area contributed by atoms with Crippen molar-refractivity contribution < 1.29 is 4.79 Å². The maximum Gasteiger partial charge on any atom is 0.368 e. The summed E-state index contributed by atoms with van der Waals surface area (Å²) in [5.41, 5.74) is 0.0951. The van der Waals surface area contributed by atoms with Crippen molar-refractivity contribution in [2.24, 2.45) is 7.05 Å². The zero-order valence-electron chi connectivity index (χ0n) is 8.29. The lowest BCUT2D eigenvalue weighted by Gasteiger charge is -2.03. The molecule has 1 aromatic heterocycles. The zero-order chi connectivity index (χ0) is 11.7. The van der Waals surface area contributed by atoms with E-state index in [0.717, 1.165) is 9.36 Å². The molecule has 0 fully saturated rings. The smallest absolute Gasteiger partial charge is 0.298 e. The summed E-state index contributed by atoms with van der Waals surface area (Å²) >= 11 is 5.84. The molecule has 0 aliphatic rings. The molecule has 2 rings (SSSR count). The van der Waals surface area contributed by atoms with Crippen LogP contribution in [0.5, 0.6) is 0 Å². The summed E-state index contributed by atoms with van der Waals surface area (Å²) in [5.74, 6) is 0. The number of hydrogen-bond donors (Lipinski definition) is 0. The Kier molecular flexibility index (Phi) is 2.57. The highest BCUT2D eigenvalue weighted by Crippen LogP contribution is 2.19. The van der Waals surface area contributed by atoms with Gasteiger partial charge < -0.3 is 0 Å². The maximum absolute atomic E-state index is 11.6. The quantitative estimate of drug-likeness (QED) is 0.712. The molecule has 0 atom stereocenters. The summed E-state index contributed by atoms with van der Waals surface area (Å²) in [4.78, 5) is 22.5. The number of benzene rings is 1. The number of carbonyl (C=O) groups is 1. The molecule has 0 amide bonds. The number of rotatable bonds is 2. The summed E-state index contributed by atoms with van der Waals surface area (Å²) in [7, 11) is 1.47. The number of hydrogen-bond acceptors (Lipinski definition) is 4. The van der Waals surface area contributed by atoms with E-state index in [9.17, 15) is 9.59 Å². The van der Waals surface area contributed by atoms with Gasteiger partial charge in [-0.25, -0.2) is 4.79 Å². The molecule has 16 heavy (non-hydrogen) atoms. The van der Waals surface area contributed by atoms with Gasteiger partial charge in [0.1, 0.15) is 0 Å². The van der Waals surface area contributed by atoms with Gasteiger partial charge in [0.2, 0.25) is 0 Å². The predicted molar refractivity (Wildman–Crippen MR) is 57.0 cm³/mol. The largest absolute Gasteiger partial charge is 0.368 e. The number of tetrazole rings is 1. The van der Waals surface area contributed by atoms with E-state index in [0.29, 0.717) is 12.0 Å². The molecule has 2 aromatic rings. The van der Waals surface area contributed by atoms with Crippen LogP contribution in [0.4, 0.5) is 0 Å². The van der Waals surface area contributed by atoms with Crippen LogP contribution in [0.25, 0.3) is 5.69 Å². The van der Waals surface area contributed by atoms with Crippen molar-refractivity contribution >= 4 is 17.9 Å². The molecule has 0 radical (unpaired) electrons. The first-order valence-corrected chi connectivity index (χ1v) is 4.76. The van der Waals surface area contributed by atoms with Crippen LogP contribution in [-0.4, -0.2) is 26.1 Å². The second kappa shape index (κ2) is 3.90. The first-order valence-electron chi connectivity index (χ1n) is 4.38. The van der Waals surface area contributed by atoms with Gasteiger partial charge in [0.15, 0.2) is 6.29 Å². The van der Waals surface area contributed by atoms with Crippen LogP contribution >= 0.6 is 11.6 Å². The molecule has 0 saturated heterocycles. The third-order valence-corrected chi connectivity index (χ3v) is 2.43. The van der Waals surface area contributed by atoms with Gasteiger partial charge in [-0.3, -0.25) is 4.79 Å². The molecule has 0 aliphatic heterocycles. The van der Waals surface area contributed by atoms with Crippen molar-refractivity contribution in [3.8, 4) is 5.69 Å². The first-order chi connectivity index (χ1) is 7.65. The monoisotopic (exact) mass is 238 g/mol. The van der Waals surface area contributed by atoms with Crippen LogP contribution in [0, 0.1) is 0 Å². The Morgan fingerprint density at radius 2 is 2.12 bits per heavy atom. The van der Waals surface area contributed by atoms with E-state index in [2.05, 4.69) is 10.4 Å². The van der Waals surface area contributed by atoms with Crippen LogP contribution < -0.4 is 5.69 Å². The summed E-state index contributed by atoms with van der Waals surface area (Å²) in [6, 6.07) is 4.77. The van der Waals surface area contributed by atoms with Gasteiger partial charge >= 0.3 is 5.69 Å². The van der Waals surface area contributed by atoms with E-state index in [-0.39, 0.29) is 10.6 Å². The van der Waals surface area contributed by atoms with Gasteiger partial charge in [-0.15, -0.1) is 0 Å². The summed E-state index contributed by atoms with van der Waals surface area (Å²) in [6.07, 6.45) is 0.582. The minimum Gasteiger partial charge on any atom is -0.298 e. The Morgan fingerprint density at radius 1 is 1.38 bits per heavy atom. The molecule has 0 N–H and O–H groups in total. The molecule has 7 heteroatoms. The standard InChI is InChI=1S/C9H7ClN4O2/c1-13-9(16)14(12-11-13)8-4-2-3-7(10)6(8)5-15/h2-5H,1H3. The lowest BCUT2D eigenvalue weighted by atomic mass is 10.2. The number of aromatic nitrogens is 4. The predicted octanol–water partition coefficient (Wildman–Crippen LogP) is 0.432. The van der Waals surface area contributed by atoms with Gasteiger partial charge in [-0.1, -0.05) is 17.7 Å². The third-order valence-electron chi connectivity index (χ3n) is 2.10. The minimum absolute atomic E-state index is 0.215. The molecule has 1 aromatic carbocycles. The van der Waals surface area contributed by atoms with Crippen molar-refractivity contribution in [3.05, 3.63) is 39.3 Å². The normalized spacial score (nSPS) is 10.4. The molecule has 1 heterocycles. The van der Waals surface area contributed by atoms with Gasteiger partial charge in [0.25, 0.3) is 0 Å². The maximum atomic E-state index is 11.6. The molecular formula is C9H7ClN4O2. The molecule has 0 saturated carbocycles. The van der Waals surface area contributed by atoms with Gasteiger partial charge in [0.05, 0.1) is 16.3 Å². The zero-order valence-corrected chi connectivity index (χ0v) is 9.05. The van der Waals surface area contributed by atoms with Crippen LogP contribution in [0.2, 0.25) is 5.02 Å². The SMILES string of the molecule is Cn1nnn(-c2cccc(Cl)c2C=O)c1=O. The van der Waals surface area contributed by atoms with Crippen molar-refractivity contribution in [1.29, 1.82) is 0 Å². The van der Waals surface area contributed by atoms with Crippen molar-refractivity contribution in [1.82, 2.24) is 19.8 Å². The molecular weight excluding hydrogens is 232 g/mol. The van der Waals surface area contributed by atoms with E-state index in [1.165, 1.54) is 7.05 Å². The second-order valence-electron chi connectivity index (χ2n) is 3.09. The summed E-state index contributed by atoms with van der Waals surface area (Å²) in [5, 5.41) is 7.46. The van der Waals surface area contributed by atoms with E-state index in [1.807, 2.05) is 0 Å². The highest BCUT2D eigenvalue weighted by Gasteiger charge is 2.12. The van der Waals surface area contributed by atoms with E-state index < -0.39 is 5.69 Å². The van der Waals surface area contributed by atoms with E-state index in [4.69, 9.17) is 11.6 Å². The Bertz CT molecular complexity index is 602. The van der Waals surface area contributed by atoms with Crippen LogP contribution in [0.1, 0.15) is 10.4 Å². The van der Waals surface area contributed by atoms with Crippen LogP contribution in [0.15, 0.2) is 23.0 Å². The molecule has 0 bridgehead atoms. The van der Waals surface area contributed by atoms with E-state index in [1.54, 1.807) is 18.2 Å². The lowest BCUT2D eigenvalue weighted by Crippen LogP contribution is -2.22. The van der Waals surface area contributed by atoms with Crippen molar-refractivity contribution in [2.45, 2.75) is 0 Å². The Balaban J connectivity index is 2.74. The molecule has 6 nitrogen and oxygen atoms in total. The number of carbonyl (C=O) groups excluding carboxylic acids is 1. The minimum atomic E-state index is -0.439. The fourth-order valence-corrected chi connectivity index (χ4v) is 1.51. The molecule has 82 valence electrons. The summed E-state index contributed by atoms with van der Waals surface area (Å²) < 4.78 is 2.09. The molecule has 0 spiro atoms. The van der Waals surface area contributed by atoms with Crippen molar-refractivity contribution in [2.75, 3.05) is 0 Å².